The van der Waals surface area contributed by atoms with Gasteiger partial charge < -0.3 is 19.7 Å². The number of rotatable bonds is 5. The number of halogens is 1. The Morgan fingerprint density at radius 3 is 2.18 bits per heavy atom. The van der Waals surface area contributed by atoms with Gasteiger partial charge in [0.2, 0.25) is 0 Å². The van der Waals surface area contributed by atoms with Crippen LogP contribution in [0.15, 0.2) is 48.5 Å². The summed E-state index contributed by atoms with van der Waals surface area (Å²) in [6.45, 7) is 0.766. The first kappa shape index (κ1) is 19.7. The monoisotopic (exact) mass is 386 g/mol. The number of piperidine rings is 1. The summed E-state index contributed by atoms with van der Waals surface area (Å²) in [5.74, 6) is 0.162. The number of carbonyl (C=O) groups is 2. The van der Waals surface area contributed by atoms with Crippen molar-refractivity contribution in [2.75, 3.05) is 26.7 Å². The molecule has 0 atom stereocenters. The number of nitrogens with zero attached hydrogens (tertiary/aromatic N) is 1. The zero-order valence-corrected chi connectivity index (χ0v) is 15.7. The molecule has 0 radical (unpaired) electrons. The van der Waals surface area contributed by atoms with E-state index >= 15 is 0 Å². The normalized spacial score (nSPS) is 14.4. The maximum Gasteiger partial charge on any atom is 0.410 e. The fraction of sp³-hybridized carbons (Fsp3) is 0.333. The van der Waals surface area contributed by atoms with Crippen LogP contribution in [0.5, 0.6) is 5.75 Å². The number of ether oxygens (including phenoxy) is 2. The lowest BCUT2D eigenvalue weighted by atomic mass is 10.1. The number of likely N-dealkylation sites (N-methyl/N-ethyl adjacent to an activating group) is 1. The number of likely N-dealkylation sites (tertiary alicyclic amines) is 1. The van der Waals surface area contributed by atoms with Crippen LogP contribution >= 0.6 is 0 Å². The van der Waals surface area contributed by atoms with Gasteiger partial charge >= 0.3 is 6.09 Å². The lowest BCUT2D eigenvalue weighted by Gasteiger charge is -2.31. The second-order valence-corrected chi connectivity index (χ2v) is 6.56. The van der Waals surface area contributed by atoms with Crippen LogP contribution in [0, 0.1) is 5.82 Å². The minimum absolute atomic E-state index is 0.0136. The van der Waals surface area contributed by atoms with Crippen molar-refractivity contribution in [3.8, 4) is 16.9 Å². The molecule has 2 aromatic rings. The largest absolute Gasteiger partial charge is 0.490 e. The average Bonchev–Trinajstić information content (AvgIpc) is 2.73. The van der Waals surface area contributed by atoms with Crippen LogP contribution in [0.3, 0.4) is 0 Å². The number of nitrogens with one attached hydrogen (secondary N) is 1. The zero-order chi connectivity index (χ0) is 19.9. The quantitative estimate of drug-likeness (QED) is 0.857. The van der Waals surface area contributed by atoms with E-state index in [1.165, 1.54) is 19.2 Å². The first-order valence-electron chi connectivity index (χ1n) is 9.20. The smallest absolute Gasteiger partial charge is 0.410 e. The van der Waals surface area contributed by atoms with Crippen LogP contribution in [0.4, 0.5) is 9.18 Å². The summed E-state index contributed by atoms with van der Waals surface area (Å²) in [7, 11) is 1.49. The number of amides is 2. The Morgan fingerprint density at radius 2 is 1.61 bits per heavy atom. The highest BCUT2D eigenvalue weighted by Gasteiger charge is 2.25. The van der Waals surface area contributed by atoms with Gasteiger partial charge in [-0.25, -0.2) is 9.18 Å². The van der Waals surface area contributed by atoms with Gasteiger partial charge in [0.1, 0.15) is 17.7 Å². The molecule has 28 heavy (non-hydrogen) atoms. The summed E-state index contributed by atoms with van der Waals surface area (Å²) in [4.78, 5) is 24.7. The van der Waals surface area contributed by atoms with Gasteiger partial charge in [0.15, 0.2) is 6.61 Å². The zero-order valence-electron chi connectivity index (χ0n) is 15.7. The highest BCUT2D eigenvalue weighted by molar-refractivity contribution is 5.79. The second-order valence-electron chi connectivity index (χ2n) is 6.56. The van der Waals surface area contributed by atoms with Gasteiger partial charge in [-0.05, 0) is 35.4 Å². The Kier molecular flexibility index (Phi) is 6.47. The minimum Gasteiger partial charge on any atom is -0.490 e. The third kappa shape index (κ3) is 5.22. The predicted octanol–water partition coefficient (Wildman–Crippen LogP) is 3.22. The highest BCUT2D eigenvalue weighted by Crippen LogP contribution is 2.25. The molecular weight excluding hydrogens is 363 g/mol. The molecule has 2 aromatic carbocycles. The Morgan fingerprint density at radius 1 is 1.04 bits per heavy atom. The van der Waals surface area contributed by atoms with E-state index in [4.69, 9.17) is 9.47 Å². The van der Waals surface area contributed by atoms with Gasteiger partial charge in [-0.15, -0.1) is 0 Å². The molecular formula is C21H23FN2O4. The number of hydrogen-bond donors (Lipinski definition) is 1. The van der Waals surface area contributed by atoms with Gasteiger partial charge in [-0.2, -0.15) is 0 Å². The first-order chi connectivity index (χ1) is 13.5. The fourth-order valence-corrected chi connectivity index (χ4v) is 3.01. The number of benzene rings is 2. The van der Waals surface area contributed by atoms with Gasteiger partial charge in [0.25, 0.3) is 5.91 Å². The third-order valence-corrected chi connectivity index (χ3v) is 4.64. The molecule has 1 aliphatic heterocycles. The summed E-state index contributed by atoms with van der Waals surface area (Å²) >= 11 is 0. The molecule has 0 aromatic heterocycles. The van der Waals surface area contributed by atoms with Crippen molar-refractivity contribution in [1.82, 2.24) is 10.2 Å². The van der Waals surface area contributed by atoms with E-state index in [1.54, 1.807) is 17.0 Å². The van der Waals surface area contributed by atoms with Crippen molar-refractivity contribution in [2.24, 2.45) is 0 Å². The molecule has 1 fully saturated rings. The molecule has 1 aliphatic rings. The molecule has 7 heteroatoms. The molecule has 2 amide bonds. The van der Waals surface area contributed by atoms with Gasteiger partial charge in [-0.3, -0.25) is 4.79 Å². The van der Waals surface area contributed by atoms with Crippen LogP contribution in [0.2, 0.25) is 0 Å². The van der Waals surface area contributed by atoms with Crippen LogP contribution in [0.1, 0.15) is 12.8 Å². The summed E-state index contributed by atoms with van der Waals surface area (Å²) in [5, 5.41) is 2.40. The topological polar surface area (TPSA) is 67.9 Å². The van der Waals surface area contributed by atoms with Crippen molar-refractivity contribution in [2.45, 2.75) is 18.9 Å². The van der Waals surface area contributed by atoms with Gasteiger partial charge in [0.05, 0.1) is 0 Å². The predicted molar refractivity (Wildman–Crippen MR) is 102 cm³/mol. The van der Waals surface area contributed by atoms with E-state index in [0.29, 0.717) is 25.9 Å². The number of hydrogen-bond acceptors (Lipinski definition) is 4. The maximum atomic E-state index is 13.0. The molecule has 0 spiro atoms. The summed E-state index contributed by atoms with van der Waals surface area (Å²) in [6, 6.07) is 14.0. The SMILES string of the molecule is CNC(=O)COC(=O)N1CCC(Oc2ccc(-c3ccc(F)cc3)cc2)CC1. The van der Waals surface area contributed by atoms with Crippen molar-refractivity contribution in [3.63, 3.8) is 0 Å². The van der Waals surface area contributed by atoms with Crippen molar-refractivity contribution in [1.29, 1.82) is 0 Å². The molecule has 1 N–H and O–H groups in total. The molecule has 0 saturated carbocycles. The summed E-state index contributed by atoms with van der Waals surface area (Å²) < 4.78 is 24.0. The Balaban J connectivity index is 1.47. The number of carbonyl (C=O) groups excluding carboxylic acids is 2. The molecule has 3 rings (SSSR count). The summed E-state index contributed by atoms with van der Waals surface area (Å²) in [5.41, 5.74) is 1.93. The van der Waals surface area contributed by atoms with Crippen molar-refractivity contribution in [3.05, 3.63) is 54.3 Å². The van der Waals surface area contributed by atoms with Crippen LogP contribution in [0.25, 0.3) is 11.1 Å². The lowest BCUT2D eigenvalue weighted by molar-refractivity contribution is -0.123. The van der Waals surface area contributed by atoms with E-state index in [-0.39, 0.29) is 24.4 Å². The fourth-order valence-electron chi connectivity index (χ4n) is 3.01. The Bertz CT molecular complexity index is 800. The van der Waals surface area contributed by atoms with Crippen molar-refractivity contribution >= 4 is 12.0 Å². The Hall–Kier alpha value is -3.09. The maximum absolute atomic E-state index is 13.0. The van der Waals surface area contributed by atoms with Gasteiger partial charge in [0, 0.05) is 33.0 Å². The van der Waals surface area contributed by atoms with E-state index in [0.717, 1.165) is 16.9 Å². The minimum atomic E-state index is -0.481. The van der Waals surface area contributed by atoms with Gasteiger partial charge in [-0.1, -0.05) is 24.3 Å². The van der Waals surface area contributed by atoms with Crippen LogP contribution < -0.4 is 10.1 Å². The first-order valence-corrected chi connectivity index (χ1v) is 9.20. The standard InChI is InChI=1S/C21H23FN2O4/c1-23-20(25)14-27-21(26)24-12-10-19(11-13-24)28-18-8-4-16(5-9-18)15-2-6-17(22)7-3-15/h2-9,19H,10-14H2,1H3,(H,23,25). The molecule has 6 nitrogen and oxygen atoms in total. The Labute approximate surface area is 163 Å². The van der Waals surface area contributed by atoms with E-state index in [2.05, 4.69) is 5.32 Å². The molecule has 148 valence electrons. The van der Waals surface area contributed by atoms with Crippen LogP contribution in [-0.2, 0) is 9.53 Å². The van der Waals surface area contributed by atoms with E-state index in [1.807, 2.05) is 24.3 Å². The molecule has 1 saturated heterocycles. The molecule has 0 aliphatic carbocycles. The highest BCUT2D eigenvalue weighted by atomic mass is 19.1. The van der Waals surface area contributed by atoms with E-state index < -0.39 is 6.09 Å². The lowest BCUT2D eigenvalue weighted by Crippen LogP contribution is -2.42. The molecule has 1 heterocycles. The van der Waals surface area contributed by atoms with Crippen molar-refractivity contribution < 1.29 is 23.5 Å². The molecule has 0 bridgehead atoms. The van der Waals surface area contributed by atoms with E-state index in [9.17, 15) is 14.0 Å². The van der Waals surface area contributed by atoms with Crippen LogP contribution in [-0.4, -0.2) is 49.7 Å². The third-order valence-electron chi connectivity index (χ3n) is 4.64. The molecule has 0 unspecified atom stereocenters. The second kappa shape index (κ2) is 9.21. The summed E-state index contributed by atoms with van der Waals surface area (Å²) in [6.07, 6.45) is 0.911. The average molecular weight is 386 g/mol.